The minimum absolute atomic E-state index is 0.578. The summed E-state index contributed by atoms with van der Waals surface area (Å²) in [6.07, 6.45) is -4.73. The zero-order valence-electron chi connectivity index (χ0n) is 7.01. The van der Waals surface area contributed by atoms with Gasteiger partial charge in [-0.2, -0.15) is 13.2 Å². The van der Waals surface area contributed by atoms with Crippen molar-refractivity contribution in [2.75, 3.05) is 5.73 Å². The molecular weight excluding hydrogens is 237 g/mol. The summed E-state index contributed by atoms with van der Waals surface area (Å²) in [5.41, 5.74) is 2.44. The van der Waals surface area contributed by atoms with Crippen LogP contribution in [0.25, 0.3) is 0 Å². The summed E-state index contributed by atoms with van der Waals surface area (Å²) < 4.78 is 36.9. The van der Waals surface area contributed by atoms with E-state index >= 15 is 0 Å². The number of rotatable bonds is 1. The Hall–Kier alpha value is -1.50. The predicted molar refractivity (Wildman–Crippen MR) is 47.5 cm³/mol. The number of hydrogen-bond donors (Lipinski definition) is 1. The van der Waals surface area contributed by atoms with Crippen molar-refractivity contribution in [3.63, 3.8) is 0 Å². The van der Waals surface area contributed by atoms with E-state index in [1.165, 1.54) is 0 Å². The number of hydrogen-bond acceptors (Lipinski definition) is 3. The van der Waals surface area contributed by atoms with Gasteiger partial charge in [0.1, 0.15) is 0 Å². The highest BCUT2D eigenvalue weighted by Crippen LogP contribution is 2.40. The number of alkyl halides is 3. The average molecular weight is 241 g/mol. The second kappa shape index (κ2) is 3.58. The van der Waals surface area contributed by atoms with Gasteiger partial charge in [0.25, 0.3) is 5.69 Å². The molecule has 4 nitrogen and oxygen atoms in total. The van der Waals surface area contributed by atoms with Crippen LogP contribution in [0.2, 0.25) is 5.02 Å². The molecule has 0 unspecified atom stereocenters. The maximum absolute atomic E-state index is 12.3. The van der Waals surface area contributed by atoms with Gasteiger partial charge in [-0.1, -0.05) is 11.6 Å². The van der Waals surface area contributed by atoms with E-state index in [0.717, 1.165) is 0 Å². The molecule has 82 valence electrons. The largest absolute Gasteiger partial charge is 0.419 e. The molecule has 0 saturated heterocycles. The molecule has 0 spiro atoms. The lowest BCUT2D eigenvalue weighted by Crippen LogP contribution is -2.10. The monoisotopic (exact) mass is 240 g/mol. The first-order valence-electron chi connectivity index (χ1n) is 3.54. The SMILES string of the molecule is Nc1cc([N+](=O)[O-])cc(Cl)c1C(F)(F)F. The van der Waals surface area contributed by atoms with E-state index in [0.29, 0.717) is 12.1 Å². The van der Waals surface area contributed by atoms with Crippen molar-refractivity contribution in [3.05, 3.63) is 32.8 Å². The van der Waals surface area contributed by atoms with Crippen LogP contribution in [-0.2, 0) is 6.18 Å². The minimum Gasteiger partial charge on any atom is -0.398 e. The highest BCUT2D eigenvalue weighted by atomic mass is 35.5. The van der Waals surface area contributed by atoms with E-state index in [4.69, 9.17) is 17.3 Å². The number of nitro groups is 1. The molecule has 0 aliphatic heterocycles. The summed E-state index contributed by atoms with van der Waals surface area (Å²) in [4.78, 5) is 9.40. The first-order chi connectivity index (χ1) is 6.73. The van der Waals surface area contributed by atoms with E-state index in [9.17, 15) is 23.3 Å². The Morgan fingerprint density at radius 1 is 1.40 bits per heavy atom. The molecule has 1 rings (SSSR count). The zero-order valence-corrected chi connectivity index (χ0v) is 7.76. The Balaban J connectivity index is 3.41. The second-order valence-corrected chi connectivity index (χ2v) is 3.05. The fraction of sp³-hybridized carbons (Fsp3) is 0.143. The van der Waals surface area contributed by atoms with Crippen LogP contribution in [-0.4, -0.2) is 4.92 Å². The molecule has 0 atom stereocenters. The average Bonchev–Trinajstić information content (AvgIpc) is 1.99. The molecule has 15 heavy (non-hydrogen) atoms. The quantitative estimate of drug-likeness (QED) is 0.466. The Labute approximate surface area is 86.6 Å². The molecule has 0 aliphatic carbocycles. The Bertz CT molecular complexity index is 396. The van der Waals surface area contributed by atoms with Gasteiger partial charge in [0.2, 0.25) is 0 Å². The predicted octanol–water partition coefficient (Wildman–Crippen LogP) is 2.85. The Morgan fingerprint density at radius 3 is 2.27 bits per heavy atom. The molecule has 0 saturated carbocycles. The smallest absolute Gasteiger partial charge is 0.398 e. The number of nitrogens with zero attached hydrogens (tertiary/aromatic N) is 1. The van der Waals surface area contributed by atoms with Gasteiger partial charge in [0.05, 0.1) is 21.2 Å². The fourth-order valence-electron chi connectivity index (χ4n) is 1.02. The lowest BCUT2D eigenvalue weighted by atomic mass is 10.1. The van der Waals surface area contributed by atoms with Crippen molar-refractivity contribution in [3.8, 4) is 0 Å². The van der Waals surface area contributed by atoms with Crippen LogP contribution >= 0.6 is 11.6 Å². The van der Waals surface area contributed by atoms with Crippen molar-refractivity contribution in [1.29, 1.82) is 0 Å². The maximum Gasteiger partial charge on any atom is 0.419 e. The van der Waals surface area contributed by atoms with Gasteiger partial charge in [0.15, 0.2) is 0 Å². The molecule has 0 aromatic heterocycles. The lowest BCUT2D eigenvalue weighted by molar-refractivity contribution is -0.384. The van der Waals surface area contributed by atoms with Crippen LogP contribution in [0, 0.1) is 10.1 Å². The number of non-ortho nitro benzene ring substituents is 1. The molecule has 1 aromatic carbocycles. The van der Waals surface area contributed by atoms with Crippen molar-refractivity contribution in [2.45, 2.75) is 6.18 Å². The third-order valence-corrected chi connectivity index (χ3v) is 1.90. The van der Waals surface area contributed by atoms with Gasteiger partial charge in [-0.05, 0) is 0 Å². The summed E-state index contributed by atoms with van der Waals surface area (Å²) in [5.74, 6) is 0. The van der Waals surface area contributed by atoms with Crippen LogP contribution in [0.5, 0.6) is 0 Å². The molecule has 2 N–H and O–H groups in total. The Kier molecular flexibility index (Phi) is 2.76. The molecular formula is C7H4ClF3N2O2. The number of anilines is 1. The molecule has 8 heteroatoms. The van der Waals surface area contributed by atoms with Crippen LogP contribution < -0.4 is 5.73 Å². The lowest BCUT2D eigenvalue weighted by Gasteiger charge is -2.11. The Morgan fingerprint density at radius 2 is 1.93 bits per heavy atom. The third-order valence-electron chi connectivity index (χ3n) is 1.60. The summed E-state index contributed by atoms with van der Waals surface area (Å²) in [7, 11) is 0. The number of halogens is 4. The summed E-state index contributed by atoms with van der Waals surface area (Å²) >= 11 is 5.26. The number of nitrogen functional groups attached to an aromatic ring is 1. The van der Waals surface area contributed by atoms with E-state index in [2.05, 4.69) is 0 Å². The molecule has 1 aromatic rings. The normalized spacial score (nSPS) is 11.5. The molecule has 0 bridgehead atoms. The molecule has 0 amide bonds. The fourth-order valence-corrected chi connectivity index (χ4v) is 1.35. The van der Waals surface area contributed by atoms with Gasteiger partial charge in [-0.15, -0.1) is 0 Å². The van der Waals surface area contributed by atoms with Crippen LogP contribution in [0.3, 0.4) is 0 Å². The van der Waals surface area contributed by atoms with E-state index in [1.807, 2.05) is 0 Å². The highest BCUT2D eigenvalue weighted by Gasteiger charge is 2.36. The molecule has 0 aliphatic rings. The van der Waals surface area contributed by atoms with Crippen molar-refractivity contribution < 1.29 is 18.1 Å². The topological polar surface area (TPSA) is 69.2 Å². The van der Waals surface area contributed by atoms with Crippen molar-refractivity contribution in [1.82, 2.24) is 0 Å². The first-order valence-corrected chi connectivity index (χ1v) is 3.92. The van der Waals surface area contributed by atoms with Crippen LogP contribution in [0.1, 0.15) is 5.56 Å². The zero-order chi connectivity index (χ0) is 11.8. The number of benzene rings is 1. The van der Waals surface area contributed by atoms with E-state index in [-0.39, 0.29) is 0 Å². The first kappa shape index (κ1) is 11.6. The third kappa shape index (κ3) is 2.30. The van der Waals surface area contributed by atoms with Gasteiger partial charge >= 0.3 is 6.18 Å². The number of nitrogens with two attached hydrogens (primary N) is 1. The maximum atomic E-state index is 12.3. The summed E-state index contributed by atoms with van der Waals surface area (Å²) in [6.45, 7) is 0. The summed E-state index contributed by atoms with van der Waals surface area (Å²) in [6, 6.07) is 1.23. The number of nitro benzene ring substituents is 1. The minimum atomic E-state index is -4.73. The van der Waals surface area contributed by atoms with Crippen molar-refractivity contribution in [2.24, 2.45) is 0 Å². The van der Waals surface area contributed by atoms with E-state index in [1.54, 1.807) is 0 Å². The van der Waals surface area contributed by atoms with Gasteiger partial charge in [0, 0.05) is 12.1 Å². The van der Waals surface area contributed by atoms with Crippen LogP contribution in [0.15, 0.2) is 12.1 Å². The van der Waals surface area contributed by atoms with Gasteiger partial charge in [-0.25, -0.2) is 0 Å². The highest BCUT2D eigenvalue weighted by molar-refractivity contribution is 6.32. The van der Waals surface area contributed by atoms with E-state index < -0.39 is 33.1 Å². The molecule has 0 radical (unpaired) electrons. The van der Waals surface area contributed by atoms with Gasteiger partial charge < -0.3 is 5.73 Å². The second-order valence-electron chi connectivity index (χ2n) is 2.65. The van der Waals surface area contributed by atoms with Crippen molar-refractivity contribution >= 4 is 23.0 Å². The van der Waals surface area contributed by atoms with Gasteiger partial charge in [-0.3, -0.25) is 10.1 Å². The summed E-state index contributed by atoms with van der Waals surface area (Å²) in [5, 5.41) is 9.49. The molecule has 0 fully saturated rings. The van der Waals surface area contributed by atoms with Crippen LogP contribution in [0.4, 0.5) is 24.5 Å². The standard InChI is InChI=1S/C7H4ClF3N2O2/c8-4-1-3(13(14)15)2-5(12)6(4)7(9,10)11/h1-2H,12H2. The molecule has 0 heterocycles.